The van der Waals surface area contributed by atoms with Gasteiger partial charge in [0.2, 0.25) is 0 Å². The van der Waals surface area contributed by atoms with E-state index in [4.69, 9.17) is 9.47 Å². The molecule has 35 heavy (non-hydrogen) atoms. The summed E-state index contributed by atoms with van der Waals surface area (Å²) in [7, 11) is 1.53. The lowest BCUT2D eigenvalue weighted by atomic mass is 10.1. The van der Waals surface area contributed by atoms with E-state index < -0.39 is 5.91 Å². The van der Waals surface area contributed by atoms with Gasteiger partial charge in [-0.05, 0) is 69.3 Å². The van der Waals surface area contributed by atoms with Gasteiger partial charge < -0.3 is 14.6 Å². The predicted molar refractivity (Wildman–Crippen MR) is 142 cm³/mol. The fraction of sp³-hybridized carbons (Fsp3) is 0.0741. The van der Waals surface area contributed by atoms with Gasteiger partial charge in [0.15, 0.2) is 11.5 Å². The van der Waals surface area contributed by atoms with Crippen LogP contribution in [-0.2, 0) is 6.61 Å². The number of ether oxygens (including phenoxy) is 2. The molecule has 0 aliphatic heterocycles. The topological polar surface area (TPSA) is 104 Å². The normalized spacial score (nSPS) is 10.8. The summed E-state index contributed by atoms with van der Waals surface area (Å²) in [5.41, 5.74) is 4.59. The first-order chi connectivity index (χ1) is 17.0. The summed E-state index contributed by atoms with van der Waals surface area (Å²) in [6, 6.07) is 23.6. The Kier molecular flexibility index (Phi) is 7.48. The Morgan fingerprint density at radius 3 is 2.57 bits per heavy atom. The molecule has 7 nitrogen and oxygen atoms in total. The second kappa shape index (κ2) is 10.9. The standard InChI is InChI=1S/C27H20IN3O4/c1-34-25-11-17(10-23(28)26(25)35-16-21-9-5-4-8-20(21)14-29)15-30-31-27(33)22-12-18-6-2-3-7-19(18)13-24(22)32/h2-13,15,32H,16H2,1H3,(H,31,33). The quantitative estimate of drug-likeness (QED) is 0.175. The minimum atomic E-state index is -0.526. The maximum atomic E-state index is 12.6. The van der Waals surface area contributed by atoms with E-state index in [2.05, 4.69) is 39.2 Å². The van der Waals surface area contributed by atoms with Crippen LogP contribution < -0.4 is 14.9 Å². The molecule has 0 radical (unpaired) electrons. The van der Waals surface area contributed by atoms with E-state index in [1.54, 1.807) is 30.3 Å². The number of hydrogen-bond donors (Lipinski definition) is 2. The van der Waals surface area contributed by atoms with Crippen molar-refractivity contribution in [1.82, 2.24) is 5.43 Å². The van der Waals surface area contributed by atoms with Crippen molar-refractivity contribution in [3.63, 3.8) is 0 Å². The van der Waals surface area contributed by atoms with Crippen LogP contribution in [0.5, 0.6) is 17.2 Å². The molecule has 0 aromatic heterocycles. The average Bonchev–Trinajstić information content (AvgIpc) is 2.87. The van der Waals surface area contributed by atoms with Crippen molar-refractivity contribution in [1.29, 1.82) is 5.26 Å². The Morgan fingerprint density at radius 1 is 1.11 bits per heavy atom. The highest BCUT2D eigenvalue weighted by atomic mass is 127. The molecule has 4 aromatic rings. The maximum absolute atomic E-state index is 12.6. The summed E-state index contributed by atoms with van der Waals surface area (Å²) in [6.45, 7) is 0.217. The lowest BCUT2D eigenvalue weighted by Gasteiger charge is -2.14. The number of rotatable bonds is 7. The summed E-state index contributed by atoms with van der Waals surface area (Å²) >= 11 is 2.13. The number of methoxy groups -OCH3 is 1. The molecule has 174 valence electrons. The summed E-state index contributed by atoms with van der Waals surface area (Å²) in [4.78, 5) is 12.6. The number of phenolic OH excluding ortho intramolecular Hbond substituents is 1. The number of carbonyl (C=O) groups excluding carboxylic acids is 1. The third kappa shape index (κ3) is 5.53. The first-order valence-corrected chi connectivity index (χ1v) is 11.6. The number of nitrogens with one attached hydrogen (secondary N) is 1. The Hall–Kier alpha value is -4.10. The molecule has 4 rings (SSSR count). The van der Waals surface area contributed by atoms with Crippen molar-refractivity contribution in [2.75, 3.05) is 7.11 Å². The third-order valence-electron chi connectivity index (χ3n) is 5.25. The largest absolute Gasteiger partial charge is 0.507 e. The van der Waals surface area contributed by atoms with Crippen LogP contribution in [0.25, 0.3) is 10.8 Å². The molecule has 0 aliphatic carbocycles. The van der Waals surface area contributed by atoms with Gasteiger partial charge in [0.1, 0.15) is 12.4 Å². The number of hydrogen-bond acceptors (Lipinski definition) is 6. The molecule has 0 bridgehead atoms. The lowest BCUT2D eigenvalue weighted by molar-refractivity contribution is 0.0952. The molecule has 0 saturated carbocycles. The molecule has 0 unspecified atom stereocenters. The summed E-state index contributed by atoms with van der Waals surface area (Å²) < 4.78 is 12.2. The maximum Gasteiger partial charge on any atom is 0.275 e. The first kappa shape index (κ1) is 24.0. The molecule has 0 aliphatic rings. The molecule has 0 atom stereocenters. The zero-order valence-corrected chi connectivity index (χ0v) is 20.8. The number of amides is 1. The van der Waals surface area contributed by atoms with Crippen molar-refractivity contribution in [3.05, 3.63) is 98.6 Å². The Balaban J connectivity index is 1.48. The van der Waals surface area contributed by atoms with E-state index in [0.29, 0.717) is 22.6 Å². The second-order valence-electron chi connectivity index (χ2n) is 7.51. The van der Waals surface area contributed by atoms with E-state index >= 15 is 0 Å². The molecule has 8 heteroatoms. The fourth-order valence-corrected chi connectivity index (χ4v) is 4.28. The number of aromatic hydroxyl groups is 1. The SMILES string of the molecule is COc1cc(C=NNC(=O)c2cc3ccccc3cc2O)cc(I)c1OCc1ccccc1C#N. The molecule has 4 aromatic carbocycles. The number of phenols is 1. The molecule has 1 amide bonds. The van der Waals surface area contributed by atoms with Crippen LogP contribution in [0.3, 0.4) is 0 Å². The molecular formula is C27H20IN3O4. The zero-order valence-electron chi connectivity index (χ0n) is 18.7. The number of hydrazone groups is 1. The van der Waals surface area contributed by atoms with Crippen molar-refractivity contribution in [2.24, 2.45) is 5.10 Å². The van der Waals surface area contributed by atoms with Crippen molar-refractivity contribution < 1.29 is 19.4 Å². The van der Waals surface area contributed by atoms with Crippen LogP contribution in [0.1, 0.15) is 27.0 Å². The van der Waals surface area contributed by atoms with E-state index in [9.17, 15) is 15.2 Å². The Labute approximate surface area is 215 Å². The van der Waals surface area contributed by atoms with Crippen LogP contribution in [0, 0.1) is 14.9 Å². The number of nitrogens with zero attached hydrogens (tertiary/aromatic N) is 2. The molecular weight excluding hydrogens is 557 g/mol. The number of fused-ring (bicyclic) bond motifs is 1. The minimum Gasteiger partial charge on any atom is -0.507 e. The van der Waals surface area contributed by atoms with Crippen molar-refractivity contribution in [2.45, 2.75) is 6.61 Å². The second-order valence-corrected chi connectivity index (χ2v) is 8.67. The van der Waals surface area contributed by atoms with Crippen LogP contribution in [0.2, 0.25) is 0 Å². The predicted octanol–water partition coefficient (Wildman–Crippen LogP) is 5.37. The number of carbonyl (C=O) groups is 1. The van der Waals surface area contributed by atoms with Crippen molar-refractivity contribution >= 4 is 45.5 Å². The van der Waals surface area contributed by atoms with Gasteiger partial charge in [0.25, 0.3) is 5.91 Å². The highest BCUT2D eigenvalue weighted by Gasteiger charge is 2.14. The van der Waals surface area contributed by atoms with Crippen LogP contribution in [0.4, 0.5) is 0 Å². The lowest BCUT2D eigenvalue weighted by Crippen LogP contribution is -2.17. The summed E-state index contributed by atoms with van der Waals surface area (Å²) in [5, 5.41) is 25.2. The fourth-order valence-electron chi connectivity index (χ4n) is 3.50. The number of nitriles is 1. The zero-order chi connectivity index (χ0) is 24.8. The molecule has 0 spiro atoms. The number of halogens is 1. The average molecular weight is 577 g/mol. The Bertz CT molecular complexity index is 1480. The van der Waals surface area contributed by atoms with Gasteiger partial charge in [-0.1, -0.05) is 42.5 Å². The highest BCUT2D eigenvalue weighted by Crippen LogP contribution is 2.34. The van der Waals surface area contributed by atoms with E-state index in [0.717, 1.165) is 19.9 Å². The van der Waals surface area contributed by atoms with E-state index in [1.165, 1.54) is 13.3 Å². The van der Waals surface area contributed by atoms with Gasteiger partial charge in [-0.2, -0.15) is 10.4 Å². The molecule has 0 heterocycles. The van der Waals surface area contributed by atoms with Gasteiger partial charge in [-0.15, -0.1) is 0 Å². The summed E-state index contributed by atoms with van der Waals surface area (Å²) in [6.07, 6.45) is 1.48. The van der Waals surface area contributed by atoms with Gasteiger partial charge >= 0.3 is 0 Å². The summed E-state index contributed by atoms with van der Waals surface area (Å²) in [5.74, 6) is 0.392. The Morgan fingerprint density at radius 2 is 1.83 bits per heavy atom. The molecule has 0 fully saturated rings. The van der Waals surface area contributed by atoms with Gasteiger partial charge in [-0.3, -0.25) is 4.79 Å². The molecule has 2 N–H and O–H groups in total. The smallest absolute Gasteiger partial charge is 0.275 e. The van der Waals surface area contributed by atoms with E-state index in [-0.39, 0.29) is 17.9 Å². The van der Waals surface area contributed by atoms with E-state index in [1.807, 2.05) is 42.5 Å². The highest BCUT2D eigenvalue weighted by molar-refractivity contribution is 14.1. The van der Waals surface area contributed by atoms with Gasteiger partial charge in [-0.25, -0.2) is 5.43 Å². The third-order valence-corrected chi connectivity index (χ3v) is 6.05. The molecule has 0 saturated heterocycles. The first-order valence-electron chi connectivity index (χ1n) is 10.5. The van der Waals surface area contributed by atoms with Gasteiger partial charge in [0, 0.05) is 5.56 Å². The minimum absolute atomic E-state index is 0.118. The van der Waals surface area contributed by atoms with Crippen LogP contribution >= 0.6 is 22.6 Å². The number of benzene rings is 4. The monoisotopic (exact) mass is 577 g/mol. The van der Waals surface area contributed by atoms with Gasteiger partial charge in [0.05, 0.1) is 34.1 Å². The van der Waals surface area contributed by atoms with Crippen LogP contribution in [0.15, 0.2) is 77.9 Å². The van der Waals surface area contributed by atoms with Crippen LogP contribution in [-0.4, -0.2) is 24.3 Å². The van der Waals surface area contributed by atoms with Crippen molar-refractivity contribution in [3.8, 4) is 23.3 Å².